The first-order valence-corrected chi connectivity index (χ1v) is 5.80. The lowest BCUT2D eigenvalue weighted by Crippen LogP contribution is -2.15. The van der Waals surface area contributed by atoms with E-state index in [2.05, 4.69) is 20.8 Å². The van der Waals surface area contributed by atoms with Crippen molar-refractivity contribution in [2.45, 2.75) is 32.6 Å². The molecule has 0 aliphatic heterocycles. The van der Waals surface area contributed by atoms with Crippen LogP contribution in [0.5, 0.6) is 17.2 Å². The molecule has 0 saturated heterocycles. The molecule has 0 amide bonds. The Bertz CT molecular complexity index is 358. The molecule has 0 aliphatic carbocycles. The van der Waals surface area contributed by atoms with E-state index in [9.17, 15) is 0 Å². The molecule has 0 atom stereocenters. The molecule has 1 aromatic rings. The van der Waals surface area contributed by atoms with Gasteiger partial charge in [0.25, 0.3) is 0 Å². The lowest BCUT2D eigenvalue weighted by atomic mass is 9.82. The minimum atomic E-state index is 0.0901. The molecule has 0 spiro atoms. The van der Waals surface area contributed by atoms with Crippen molar-refractivity contribution in [2.24, 2.45) is 0 Å². The van der Waals surface area contributed by atoms with Crippen LogP contribution in [0.25, 0.3) is 0 Å². The molecule has 0 unspecified atom stereocenters. The van der Waals surface area contributed by atoms with Crippen molar-refractivity contribution in [3.05, 3.63) is 17.7 Å². The van der Waals surface area contributed by atoms with Crippen LogP contribution in [0.15, 0.2) is 12.1 Å². The maximum atomic E-state index is 5.35. The standard InChI is InChI=1S/C14H22O3/c1-7-14(2,3)10-8-11(15-4)13(17-6)12(9-10)16-5/h8-9H,7H2,1-6H3. The molecular formula is C14H22O3. The van der Waals surface area contributed by atoms with Crippen LogP contribution in [0.2, 0.25) is 0 Å². The summed E-state index contributed by atoms with van der Waals surface area (Å²) in [7, 11) is 4.89. The van der Waals surface area contributed by atoms with Crippen molar-refractivity contribution >= 4 is 0 Å². The van der Waals surface area contributed by atoms with E-state index in [0.717, 1.165) is 6.42 Å². The molecule has 0 aliphatic rings. The van der Waals surface area contributed by atoms with E-state index < -0.39 is 0 Å². The number of methoxy groups -OCH3 is 3. The Kier molecular flexibility index (Phi) is 4.27. The Labute approximate surface area is 104 Å². The third-order valence-electron chi connectivity index (χ3n) is 3.33. The molecule has 0 saturated carbocycles. The van der Waals surface area contributed by atoms with Crippen LogP contribution in [0.3, 0.4) is 0 Å². The molecule has 0 fully saturated rings. The van der Waals surface area contributed by atoms with Crippen LogP contribution in [0.1, 0.15) is 32.8 Å². The van der Waals surface area contributed by atoms with E-state index in [-0.39, 0.29) is 5.41 Å². The van der Waals surface area contributed by atoms with Crippen LogP contribution < -0.4 is 14.2 Å². The molecule has 0 radical (unpaired) electrons. The first-order valence-electron chi connectivity index (χ1n) is 5.80. The Morgan fingerprint density at radius 2 is 1.41 bits per heavy atom. The molecule has 0 bridgehead atoms. The molecule has 1 aromatic carbocycles. The number of hydrogen-bond acceptors (Lipinski definition) is 3. The van der Waals surface area contributed by atoms with Gasteiger partial charge in [0.2, 0.25) is 5.75 Å². The molecule has 3 heteroatoms. The maximum absolute atomic E-state index is 5.35. The summed E-state index contributed by atoms with van der Waals surface area (Å²) < 4.78 is 16.0. The highest BCUT2D eigenvalue weighted by molar-refractivity contribution is 5.55. The van der Waals surface area contributed by atoms with Crippen LogP contribution >= 0.6 is 0 Å². The SMILES string of the molecule is CCC(C)(C)c1cc(OC)c(OC)c(OC)c1. The third-order valence-corrected chi connectivity index (χ3v) is 3.33. The summed E-state index contributed by atoms with van der Waals surface area (Å²) in [6, 6.07) is 4.04. The van der Waals surface area contributed by atoms with E-state index in [1.54, 1.807) is 21.3 Å². The summed E-state index contributed by atoms with van der Waals surface area (Å²) in [6.07, 6.45) is 1.05. The largest absolute Gasteiger partial charge is 0.493 e. The van der Waals surface area contributed by atoms with Crippen LogP contribution in [0.4, 0.5) is 0 Å². The van der Waals surface area contributed by atoms with Crippen LogP contribution in [0, 0.1) is 0 Å². The second kappa shape index (κ2) is 5.30. The Hall–Kier alpha value is -1.38. The summed E-state index contributed by atoms with van der Waals surface area (Å²) in [5.74, 6) is 2.07. The normalized spacial score (nSPS) is 11.2. The zero-order chi connectivity index (χ0) is 13.1. The van der Waals surface area contributed by atoms with Gasteiger partial charge >= 0.3 is 0 Å². The predicted molar refractivity (Wildman–Crippen MR) is 69.4 cm³/mol. The molecule has 1 rings (SSSR count). The summed E-state index contributed by atoms with van der Waals surface area (Å²) in [5.41, 5.74) is 1.28. The van der Waals surface area contributed by atoms with Gasteiger partial charge in [-0.1, -0.05) is 20.8 Å². The molecule has 0 aromatic heterocycles. The van der Waals surface area contributed by atoms with Crippen LogP contribution in [-0.4, -0.2) is 21.3 Å². The van der Waals surface area contributed by atoms with Crippen LogP contribution in [-0.2, 0) is 5.41 Å². The maximum Gasteiger partial charge on any atom is 0.203 e. The van der Waals surface area contributed by atoms with E-state index in [4.69, 9.17) is 14.2 Å². The number of hydrogen-bond donors (Lipinski definition) is 0. The minimum Gasteiger partial charge on any atom is -0.493 e. The quantitative estimate of drug-likeness (QED) is 0.787. The van der Waals surface area contributed by atoms with E-state index in [1.165, 1.54) is 5.56 Å². The molecule has 0 heterocycles. The van der Waals surface area contributed by atoms with Gasteiger partial charge in [0.15, 0.2) is 11.5 Å². The molecule has 3 nitrogen and oxygen atoms in total. The zero-order valence-electron chi connectivity index (χ0n) is 11.6. The van der Waals surface area contributed by atoms with Gasteiger partial charge in [-0.2, -0.15) is 0 Å². The highest BCUT2D eigenvalue weighted by atomic mass is 16.5. The van der Waals surface area contributed by atoms with E-state index in [0.29, 0.717) is 17.2 Å². The summed E-state index contributed by atoms with van der Waals surface area (Å²) >= 11 is 0. The van der Waals surface area contributed by atoms with Crippen molar-refractivity contribution in [3.8, 4) is 17.2 Å². The Morgan fingerprint density at radius 3 is 1.71 bits per heavy atom. The Morgan fingerprint density at radius 1 is 0.941 bits per heavy atom. The lowest BCUT2D eigenvalue weighted by Gasteiger charge is -2.25. The van der Waals surface area contributed by atoms with Gasteiger partial charge in [-0.3, -0.25) is 0 Å². The van der Waals surface area contributed by atoms with Gasteiger partial charge in [-0.05, 0) is 29.5 Å². The van der Waals surface area contributed by atoms with Gasteiger partial charge < -0.3 is 14.2 Å². The number of benzene rings is 1. The summed E-state index contributed by atoms with van der Waals surface area (Å²) in [5, 5.41) is 0. The lowest BCUT2D eigenvalue weighted by molar-refractivity contribution is 0.322. The molecule has 0 N–H and O–H groups in total. The Balaban J connectivity index is 3.37. The summed E-state index contributed by atoms with van der Waals surface area (Å²) in [6.45, 7) is 6.57. The monoisotopic (exact) mass is 238 g/mol. The van der Waals surface area contributed by atoms with Crippen molar-refractivity contribution in [2.75, 3.05) is 21.3 Å². The van der Waals surface area contributed by atoms with Crippen molar-refractivity contribution in [3.63, 3.8) is 0 Å². The van der Waals surface area contributed by atoms with Gasteiger partial charge in [0.05, 0.1) is 21.3 Å². The fourth-order valence-electron chi connectivity index (χ4n) is 1.68. The molecule has 17 heavy (non-hydrogen) atoms. The second-order valence-corrected chi connectivity index (χ2v) is 4.65. The summed E-state index contributed by atoms with van der Waals surface area (Å²) in [4.78, 5) is 0. The average Bonchev–Trinajstić information content (AvgIpc) is 2.36. The van der Waals surface area contributed by atoms with Crippen molar-refractivity contribution < 1.29 is 14.2 Å². The smallest absolute Gasteiger partial charge is 0.203 e. The van der Waals surface area contributed by atoms with Gasteiger partial charge in [-0.25, -0.2) is 0 Å². The predicted octanol–water partition coefficient (Wildman–Crippen LogP) is 3.40. The van der Waals surface area contributed by atoms with Gasteiger partial charge in [0, 0.05) is 0 Å². The third kappa shape index (κ3) is 2.65. The fraction of sp³-hybridized carbons (Fsp3) is 0.571. The van der Waals surface area contributed by atoms with Crippen molar-refractivity contribution in [1.82, 2.24) is 0 Å². The minimum absolute atomic E-state index is 0.0901. The highest BCUT2D eigenvalue weighted by Crippen LogP contribution is 2.41. The fourth-order valence-corrected chi connectivity index (χ4v) is 1.68. The average molecular weight is 238 g/mol. The van der Waals surface area contributed by atoms with E-state index in [1.807, 2.05) is 12.1 Å². The molecule has 96 valence electrons. The highest BCUT2D eigenvalue weighted by Gasteiger charge is 2.22. The molecular weight excluding hydrogens is 216 g/mol. The van der Waals surface area contributed by atoms with Crippen molar-refractivity contribution in [1.29, 1.82) is 0 Å². The first kappa shape index (κ1) is 13.7. The topological polar surface area (TPSA) is 27.7 Å². The zero-order valence-corrected chi connectivity index (χ0v) is 11.6. The van der Waals surface area contributed by atoms with E-state index >= 15 is 0 Å². The number of rotatable bonds is 5. The van der Waals surface area contributed by atoms with Gasteiger partial charge in [0.1, 0.15) is 0 Å². The number of ether oxygens (including phenoxy) is 3. The first-order chi connectivity index (χ1) is 8.00. The second-order valence-electron chi connectivity index (χ2n) is 4.65. The van der Waals surface area contributed by atoms with Gasteiger partial charge in [-0.15, -0.1) is 0 Å².